The number of benzene rings is 2. The number of hydrogen-bond acceptors (Lipinski definition) is 3. The molecule has 0 saturated heterocycles. The molecule has 0 fully saturated rings. The highest BCUT2D eigenvalue weighted by Gasteiger charge is 2.10. The van der Waals surface area contributed by atoms with E-state index in [1.54, 1.807) is 44.4 Å². The van der Waals surface area contributed by atoms with Gasteiger partial charge in [-0.3, -0.25) is 9.59 Å². The van der Waals surface area contributed by atoms with E-state index in [1.165, 1.54) is 4.90 Å². The molecule has 0 bridgehead atoms. The third-order valence-corrected chi connectivity index (χ3v) is 3.52. The molecule has 126 valence electrons. The Balaban J connectivity index is 1.95. The van der Waals surface area contributed by atoms with Crippen molar-refractivity contribution in [1.82, 2.24) is 10.2 Å². The highest BCUT2D eigenvalue weighted by Crippen LogP contribution is 2.17. The molecule has 0 heterocycles. The Kier molecular flexibility index (Phi) is 6.21. The predicted octanol–water partition coefficient (Wildman–Crippen LogP) is 2.74. The van der Waals surface area contributed by atoms with E-state index >= 15 is 0 Å². The first kappa shape index (κ1) is 17.8. The molecule has 0 spiro atoms. The molecule has 2 amide bonds. The molecule has 0 unspecified atom stereocenters. The minimum absolute atomic E-state index is 0.0422. The normalized spacial score (nSPS) is 10.1. The number of nitrogens with zero attached hydrogens (tertiary/aromatic N) is 1. The first-order valence-corrected chi connectivity index (χ1v) is 7.79. The van der Waals surface area contributed by atoms with Crippen LogP contribution in [0.1, 0.15) is 15.9 Å². The molecule has 0 radical (unpaired) electrons. The van der Waals surface area contributed by atoms with Gasteiger partial charge in [0.05, 0.1) is 6.54 Å². The SMILES string of the molecule is CN(C)C(=O)CNC(=O)c1cccc(OCc2cccc(Cl)c2)c1. The Bertz CT molecular complexity index is 732. The van der Waals surface area contributed by atoms with Crippen LogP contribution in [-0.4, -0.2) is 37.4 Å². The maximum absolute atomic E-state index is 12.1. The van der Waals surface area contributed by atoms with Gasteiger partial charge in [-0.15, -0.1) is 0 Å². The van der Waals surface area contributed by atoms with Crippen LogP contribution in [0, 0.1) is 0 Å². The molecule has 1 N–H and O–H groups in total. The Labute approximate surface area is 146 Å². The fourth-order valence-electron chi connectivity index (χ4n) is 1.94. The molecule has 24 heavy (non-hydrogen) atoms. The van der Waals surface area contributed by atoms with E-state index in [2.05, 4.69) is 5.32 Å². The lowest BCUT2D eigenvalue weighted by Gasteiger charge is -2.11. The van der Waals surface area contributed by atoms with Crippen molar-refractivity contribution in [3.05, 3.63) is 64.7 Å². The van der Waals surface area contributed by atoms with E-state index in [-0.39, 0.29) is 18.4 Å². The fourth-order valence-corrected chi connectivity index (χ4v) is 2.15. The monoisotopic (exact) mass is 346 g/mol. The summed E-state index contributed by atoms with van der Waals surface area (Å²) in [6, 6.07) is 14.2. The maximum Gasteiger partial charge on any atom is 0.251 e. The van der Waals surface area contributed by atoms with Gasteiger partial charge < -0.3 is 15.0 Å². The molecule has 2 aromatic carbocycles. The van der Waals surface area contributed by atoms with Gasteiger partial charge >= 0.3 is 0 Å². The molecule has 0 aliphatic rings. The van der Waals surface area contributed by atoms with Crippen molar-refractivity contribution < 1.29 is 14.3 Å². The minimum atomic E-state index is -0.321. The highest BCUT2D eigenvalue weighted by molar-refractivity contribution is 6.30. The molecular weight excluding hydrogens is 328 g/mol. The van der Waals surface area contributed by atoms with Gasteiger partial charge in [0.2, 0.25) is 5.91 Å². The van der Waals surface area contributed by atoms with E-state index in [9.17, 15) is 9.59 Å². The summed E-state index contributed by atoms with van der Waals surface area (Å²) in [5.74, 6) is 0.0803. The topological polar surface area (TPSA) is 58.6 Å². The number of rotatable bonds is 6. The second-order valence-electron chi connectivity index (χ2n) is 5.42. The summed E-state index contributed by atoms with van der Waals surface area (Å²) in [5, 5.41) is 3.23. The molecule has 5 nitrogen and oxygen atoms in total. The van der Waals surface area contributed by atoms with E-state index in [0.29, 0.717) is 22.9 Å². The first-order valence-electron chi connectivity index (χ1n) is 7.41. The second kappa shape index (κ2) is 8.36. The van der Waals surface area contributed by atoms with E-state index in [1.807, 2.05) is 18.2 Å². The van der Waals surface area contributed by atoms with Gasteiger partial charge in [0.15, 0.2) is 0 Å². The standard InChI is InChI=1S/C18H19ClN2O3/c1-21(2)17(22)11-20-18(23)14-6-4-8-16(10-14)24-12-13-5-3-7-15(19)9-13/h3-10H,11-12H2,1-2H3,(H,20,23). The average molecular weight is 347 g/mol. The number of likely N-dealkylation sites (N-methyl/N-ethyl adjacent to an activating group) is 1. The largest absolute Gasteiger partial charge is 0.489 e. The zero-order valence-corrected chi connectivity index (χ0v) is 14.3. The summed E-state index contributed by atoms with van der Waals surface area (Å²) >= 11 is 5.94. The molecular formula is C18H19ClN2O3. The van der Waals surface area contributed by atoms with E-state index in [0.717, 1.165) is 5.56 Å². The quantitative estimate of drug-likeness (QED) is 0.875. The van der Waals surface area contributed by atoms with Gasteiger partial charge in [-0.2, -0.15) is 0 Å². The molecule has 0 saturated carbocycles. The lowest BCUT2D eigenvalue weighted by molar-refractivity contribution is -0.127. The van der Waals surface area contributed by atoms with Crippen molar-refractivity contribution in [1.29, 1.82) is 0 Å². The third kappa shape index (κ3) is 5.28. The van der Waals surface area contributed by atoms with Crippen molar-refractivity contribution in [3.8, 4) is 5.75 Å². The van der Waals surface area contributed by atoms with Gasteiger partial charge in [0.25, 0.3) is 5.91 Å². The van der Waals surface area contributed by atoms with Gasteiger partial charge in [0, 0.05) is 24.7 Å². The van der Waals surface area contributed by atoms with Gasteiger partial charge in [-0.25, -0.2) is 0 Å². The number of carbonyl (C=O) groups excluding carboxylic acids is 2. The van der Waals surface area contributed by atoms with Crippen LogP contribution in [0.25, 0.3) is 0 Å². The predicted molar refractivity (Wildman–Crippen MR) is 93.3 cm³/mol. The third-order valence-electron chi connectivity index (χ3n) is 3.29. The molecule has 2 aromatic rings. The van der Waals surface area contributed by atoms with Gasteiger partial charge in [0.1, 0.15) is 12.4 Å². The summed E-state index contributed by atoms with van der Waals surface area (Å²) < 4.78 is 5.69. The van der Waals surface area contributed by atoms with Crippen LogP contribution in [0.2, 0.25) is 5.02 Å². The number of ether oxygens (including phenoxy) is 1. The minimum Gasteiger partial charge on any atom is -0.489 e. The van der Waals surface area contributed by atoms with Crippen LogP contribution in [0.4, 0.5) is 0 Å². The van der Waals surface area contributed by atoms with Crippen molar-refractivity contribution in [3.63, 3.8) is 0 Å². The number of hydrogen-bond donors (Lipinski definition) is 1. The number of carbonyl (C=O) groups is 2. The lowest BCUT2D eigenvalue weighted by atomic mass is 10.2. The van der Waals surface area contributed by atoms with Crippen molar-refractivity contribution in [2.24, 2.45) is 0 Å². The summed E-state index contributed by atoms with van der Waals surface area (Å²) in [4.78, 5) is 25.0. The second-order valence-corrected chi connectivity index (χ2v) is 5.85. The number of amides is 2. The fraction of sp³-hybridized carbons (Fsp3) is 0.222. The molecule has 6 heteroatoms. The Morgan fingerprint density at radius 2 is 1.88 bits per heavy atom. The van der Waals surface area contributed by atoms with E-state index in [4.69, 9.17) is 16.3 Å². The summed E-state index contributed by atoms with van der Waals surface area (Å²) in [6.45, 7) is 0.310. The molecule has 0 atom stereocenters. The van der Waals surface area contributed by atoms with Crippen LogP contribution in [0.3, 0.4) is 0 Å². The number of halogens is 1. The highest BCUT2D eigenvalue weighted by atomic mass is 35.5. The van der Waals surface area contributed by atoms with Gasteiger partial charge in [-0.1, -0.05) is 29.8 Å². The Morgan fingerprint density at radius 1 is 1.12 bits per heavy atom. The molecule has 0 aliphatic heterocycles. The van der Waals surface area contributed by atoms with Crippen molar-refractivity contribution in [2.45, 2.75) is 6.61 Å². The molecule has 2 rings (SSSR count). The Morgan fingerprint density at radius 3 is 2.58 bits per heavy atom. The first-order chi connectivity index (χ1) is 11.5. The van der Waals surface area contributed by atoms with Crippen LogP contribution >= 0.6 is 11.6 Å². The zero-order chi connectivity index (χ0) is 17.5. The summed E-state index contributed by atoms with van der Waals surface area (Å²) in [6.07, 6.45) is 0. The van der Waals surface area contributed by atoms with Crippen LogP contribution in [0.15, 0.2) is 48.5 Å². The zero-order valence-electron chi connectivity index (χ0n) is 13.6. The molecule has 0 aromatic heterocycles. The summed E-state index contributed by atoms with van der Waals surface area (Å²) in [5.41, 5.74) is 1.37. The average Bonchev–Trinajstić information content (AvgIpc) is 2.57. The van der Waals surface area contributed by atoms with Crippen LogP contribution < -0.4 is 10.1 Å². The van der Waals surface area contributed by atoms with Crippen molar-refractivity contribution >= 4 is 23.4 Å². The summed E-state index contributed by atoms with van der Waals surface area (Å²) in [7, 11) is 3.28. The maximum atomic E-state index is 12.1. The van der Waals surface area contributed by atoms with Crippen molar-refractivity contribution in [2.75, 3.05) is 20.6 Å². The number of nitrogens with one attached hydrogen (secondary N) is 1. The van der Waals surface area contributed by atoms with Gasteiger partial charge in [-0.05, 0) is 35.9 Å². The molecule has 0 aliphatic carbocycles. The smallest absolute Gasteiger partial charge is 0.251 e. The van der Waals surface area contributed by atoms with E-state index < -0.39 is 0 Å². The lowest BCUT2D eigenvalue weighted by Crippen LogP contribution is -2.36. The van der Waals surface area contributed by atoms with Crippen LogP contribution in [-0.2, 0) is 11.4 Å². The van der Waals surface area contributed by atoms with Crippen LogP contribution in [0.5, 0.6) is 5.75 Å². The Hall–Kier alpha value is -2.53.